The molecule has 9 heteroatoms. The molecule has 2 fully saturated rings. The third kappa shape index (κ3) is 4.80. The minimum Gasteiger partial charge on any atom is -0.368 e. The third-order valence-electron chi connectivity index (χ3n) is 6.85. The monoisotopic (exact) mass is 473 g/mol. The van der Waals surface area contributed by atoms with Crippen LogP contribution in [0, 0.1) is 27.7 Å². The van der Waals surface area contributed by atoms with Crippen LogP contribution in [0.25, 0.3) is 0 Å². The first-order chi connectivity index (χ1) is 15.7. The molecule has 1 aromatic carbocycles. The van der Waals surface area contributed by atoms with E-state index in [1.54, 1.807) is 22.8 Å². The van der Waals surface area contributed by atoms with Crippen LogP contribution in [0.3, 0.4) is 0 Å². The van der Waals surface area contributed by atoms with Crippen molar-refractivity contribution in [3.05, 3.63) is 40.7 Å². The fourth-order valence-corrected chi connectivity index (χ4v) is 6.84. The zero-order valence-corrected chi connectivity index (χ0v) is 21.0. The predicted molar refractivity (Wildman–Crippen MR) is 129 cm³/mol. The molecule has 33 heavy (non-hydrogen) atoms. The summed E-state index contributed by atoms with van der Waals surface area (Å²) < 4.78 is 29.4. The van der Waals surface area contributed by atoms with Gasteiger partial charge in [0.2, 0.25) is 15.9 Å². The van der Waals surface area contributed by atoms with Crippen molar-refractivity contribution in [2.75, 3.05) is 44.2 Å². The molecule has 2 aliphatic rings. The first kappa shape index (κ1) is 23.8. The molecule has 0 N–H and O–H groups in total. The lowest BCUT2D eigenvalue weighted by Gasteiger charge is -2.37. The Balaban J connectivity index is 1.36. The quantitative estimate of drug-likeness (QED) is 0.645. The van der Waals surface area contributed by atoms with Gasteiger partial charge in [0.25, 0.3) is 0 Å². The summed E-state index contributed by atoms with van der Waals surface area (Å²) in [6, 6.07) is 6.48. The lowest BCUT2D eigenvalue weighted by Crippen LogP contribution is -2.49. The lowest BCUT2D eigenvalue weighted by molar-refractivity contribution is -0.131. The highest BCUT2D eigenvalue weighted by Gasteiger charge is 2.32. The molecule has 2 saturated heterocycles. The summed E-state index contributed by atoms with van der Waals surface area (Å²) in [6.45, 7) is 12.3. The van der Waals surface area contributed by atoms with E-state index in [-0.39, 0.29) is 5.91 Å². The summed E-state index contributed by atoms with van der Waals surface area (Å²) in [7, 11) is -3.53. The number of aryl methyl sites for hydroxylation is 4. The van der Waals surface area contributed by atoms with E-state index >= 15 is 0 Å². The normalized spacial score (nSPS) is 17.7. The molecule has 0 saturated carbocycles. The Labute approximate surface area is 197 Å². The van der Waals surface area contributed by atoms with E-state index in [0.29, 0.717) is 55.4 Å². The van der Waals surface area contributed by atoms with Gasteiger partial charge < -0.3 is 9.80 Å². The number of hydrogen-bond acceptors (Lipinski definition) is 5. The second kappa shape index (κ2) is 9.46. The van der Waals surface area contributed by atoms with E-state index in [9.17, 15) is 13.2 Å². The highest BCUT2D eigenvalue weighted by Crippen LogP contribution is 2.27. The zero-order chi connectivity index (χ0) is 23.8. The van der Waals surface area contributed by atoms with Crippen molar-refractivity contribution in [3.8, 4) is 0 Å². The van der Waals surface area contributed by atoms with Crippen molar-refractivity contribution in [2.45, 2.75) is 58.4 Å². The predicted octanol–water partition coefficient (Wildman–Crippen LogP) is 2.64. The SMILES string of the molecule is Cc1ccc(C)c(N2CCN(C(=O)CCn3nc(C)c(S(=O)(=O)N4CCCC4)c3C)CC2)c1. The second-order valence-electron chi connectivity index (χ2n) is 9.24. The average molecular weight is 474 g/mol. The van der Waals surface area contributed by atoms with Crippen molar-refractivity contribution >= 4 is 21.6 Å². The van der Waals surface area contributed by atoms with E-state index in [0.717, 1.165) is 25.9 Å². The van der Waals surface area contributed by atoms with Crippen LogP contribution >= 0.6 is 0 Å². The number of anilines is 1. The number of rotatable bonds is 6. The number of benzene rings is 1. The number of aromatic nitrogens is 2. The summed E-state index contributed by atoms with van der Waals surface area (Å²) in [5, 5.41) is 4.47. The molecule has 0 radical (unpaired) electrons. The first-order valence-corrected chi connectivity index (χ1v) is 13.3. The van der Waals surface area contributed by atoms with E-state index in [1.807, 2.05) is 4.90 Å². The fraction of sp³-hybridized carbons (Fsp3) is 0.583. The fourth-order valence-electron chi connectivity index (χ4n) is 4.95. The standard InChI is InChI=1S/C24H35N5O3S/c1-18-7-8-19(2)22(17-18)26-13-15-27(16-14-26)23(30)9-12-29-21(4)24(20(3)25-29)33(31,32)28-10-5-6-11-28/h7-8,17H,5-6,9-16H2,1-4H3. The van der Waals surface area contributed by atoms with Gasteiger partial charge in [0.15, 0.2) is 0 Å². The summed E-state index contributed by atoms with van der Waals surface area (Å²) in [5.74, 6) is 0.0899. The average Bonchev–Trinajstić information content (AvgIpc) is 3.43. The molecular formula is C24H35N5O3S. The van der Waals surface area contributed by atoms with E-state index in [1.165, 1.54) is 16.8 Å². The molecule has 3 heterocycles. The second-order valence-corrected chi connectivity index (χ2v) is 11.1. The molecule has 1 amide bonds. The van der Waals surface area contributed by atoms with Crippen LogP contribution in [-0.2, 0) is 21.4 Å². The van der Waals surface area contributed by atoms with Gasteiger partial charge >= 0.3 is 0 Å². The maximum absolute atomic E-state index is 13.1. The van der Waals surface area contributed by atoms with Crippen molar-refractivity contribution in [1.29, 1.82) is 0 Å². The van der Waals surface area contributed by atoms with Gasteiger partial charge in [-0.25, -0.2) is 8.42 Å². The first-order valence-electron chi connectivity index (χ1n) is 11.8. The van der Waals surface area contributed by atoms with Crippen molar-refractivity contribution in [1.82, 2.24) is 19.0 Å². The van der Waals surface area contributed by atoms with Crippen molar-refractivity contribution in [3.63, 3.8) is 0 Å². The van der Waals surface area contributed by atoms with Crippen molar-refractivity contribution < 1.29 is 13.2 Å². The molecule has 4 rings (SSSR count). The number of piperazine rings is 1. The minimum absolute atomic E-state index is 0.0899. The molecular weight excluding hydrogens is 438 g/mol. The lowest BCUT2D eigenvalue weighted by atomic mass is 10.1. The Morgan fingerprint density at radius 3 is 2.30 bits per heavy atom. The molecule has 180 valence electrons. The molecule has 0 bridgehead atoms. The summed E-state index contributed by atoms with van der Waals surface area (Å²) in [6.07, 6.45) is 2.11. The number of hydrogen-bond donors (Lipinski definition) is 0. The van der Waals surface area contributed by atoms with Gasteiger partial charge in [-0.3, -0.25) is 9.48 Å². The Morgan fingerprint density at radius 2 is 1.64 bits per heavy atom. The van der Waals surface area contributed by atoms with Crippen LogP contribution in [0.15, 0.2) is 23.1 Å². The summed E-state index contributed by atoms with van der Waals surface area (Å²) >= 11 is 0. The molecule has 2 aliphatic heterocycles. The van der Waals surface area contributed by atoms with Gasteiger partial charge in [-0.15, -0.1) is 0 Å². The maximum Gasteiger partial charge on any atom is 0.246 e. The Hall–Kier alpha value is -2.39. The molecule has 8 nitrogen and oxygen atoms in total. The molecule has 0 aliphatic carbocycles. The molecule has 1 aromatic heterocycles. The smallest absolute Gasteiger partial charge is 0.246 e. The summed E-state index contributed by atoms with van der Waals surface area (Å²) in [4.78, 5) is 17.5. The Morgan fingerprint density at radius 1 is 0.970 bits per heavy atom. The largest absolute Gasteiger partial charge is 0.368 e. The molecule has 0 spiro atoms. The van der Waals surface area contributed by atoms with Crippen LogP contribution in [-0.4, -0.2) is 72.6 Å². The summed E-state index contributed by atoms with van der Waals surface area (Å²) in [5.41, 5.74) is 4.87. The molecule has 0 unspecified atom stereocenters. The van der Waals surface area contributed by atoms with Crippen LogP contribution in [0.4, 0.5) is 5.69 Å². The zero-order valence-electron chi connectivity index (χ0n) is 20.2. The van der Waals surface area contributed by atoms with Crippen LogP contribution in [0.2, 0.25) is 0 Å². The topological polar surface area (TPSA) is 78.8 Å². The van der Waals surface area contributed by atoms with E-state index < -0.39 is 10.0 Å². The minimum atomic E-state index is -3.53. The van der Waals surface area contributed by atoms with Gasteiger partial charge in [-0.05, 0) is 57.7 Å². The molecule has 2 aromatic rings. The maximum atomic E-state index is 13.1. The van der Waals surface area contributed by atoms with Crippen LogP contribution in [0.1, 0.15) is 41.8 Å². The Kier molecular flexibility index (Phi) is 6.81. The Bertz CT molecular complexity index is 1130. The van der Waals surface area contributed by atoms with E-state index in [4.69, 9.17) is 0 Å². The number of sulfonamides is 1. The number of carbonyl (C=O) groups excluding carboxylic acids is 1. The van der Waals surface area contributed by atoms with Crippen LogP contribution in [0.5, 0.6) is 0 Å². The molecule has 0 atom stereocenters. The number of amides is 1. The van der Waals surface area contributed by atoms with Gasteiger partial charge in [-0.1, -0.05) is 12.1 Å². The van der Waals surface area contributed by atoms with Crippen LogP contribution < -0.4 is 4.90 Å². The third-order valence-corrected chi connectivity index (χ3v) is 9.00. The van der Waals surface area contributed by atoms with Crippen molar-refractivity contribution in [2.24, 2.45) is 0 Å². The number of carbonyl (C=O) groups is 1. The van der Waals surface area contributed by atoms with Gasteiger partial charge in [0, 0.05) is 51.4 Å². The van der Waals surface area contributed by atoms with Gasteiger partial charge in [0.05, 0.1) is 17.9 Å². The van der Waals surface area contributed by atoms with Gasteiger partial charge in [-0.2, -0.15) is 9.40 Å². The van der Waals surface area contributed by atoms with E-state index in [2.05, 4.69) is 42.0 Å². The highest BCUT2D eigenvalue weighted by molar-refractivity contribution is 7.89. The highest BCUT2D eigenvalue weighted by atomic mass is 32.2. The van der Waals surface area contributed by atoms with Gasteiger partial charge in [0.1, 0.15) is 4.90 Å². The number of nitrogens with zero attached hydrogens (tertiary/aromatic N) is 5.